The van der Waals surface area contributed by atoms with Gasteiger partial charge in [-0.25, -0.2) is 9.97 Å². The van der Waals surface area contributed by atoms with Gasteiger partial charge in [-0.1, -0.05) is 13.8 Å². The highest BCUT2D eigenvalue weighted by Crippen LogP contribution is 2.18. The fourth-order valence-electron chi connectivity index (χ4n) is 2.60. The molecule has 1 aliphatic heterocycles. The van der Waals surface area contributed by atoms with E-state index in [1.54, 1.807) is 0 Å². The molecule has 20 heavy (non-hydrogen) atoms. The summed E-state index contributed by atoms with van der Waals surface area (Å²) in [7, 11) is 0. The minimum atomic E-state index is 0.370. The molecule has 0 atom stereocenters. The monoisotopic (exact) mass is 277 g/mol. The second-order valence-corrected chi connectivity index (χ2v) is 5.85. The number of aromatic nitrogens is 2. The molecule has 1 aromatic rings. The van der Waals surface area contributed by atoms with Gasteiger partial charge in [-0.3, -0.25) is 0 Å². The van der Waals surface area contributed by atoms with Crippen LogP contribution < -0.4 is 10.6 Å². The second kappa shape index (κ2) is 6.99. The van der Waals surface area contributed by atoms with Crippen molar-refractivity contribution in [1.29, 1.82) is 0 Å². The minimum Gasteiger partial charge on any atom is -0.355 e. The number of nitrogens with zero attached hydrogens (tertiary/aromatic N) is 4. The van der Waals surface area contributed by atoms with E-state index in [0.29, 0.717) is 5.92 Å². The fourth-order valence-corrected chi connectivity index (χ4v) is 2.60. The van der Waals surface area contributed by atoms with Crippen LogP contribution in [0, 0.1) is 6.92 Å². The third-order valence-corrected chi connectivity index (χ3v) is 3.73. The van der Waals surface area contributed by atoms with Crippen molar-refractivity contribution in [1.82, 2.24) is 14.9 Å². The molecule has 0 spiro atoms. The number of aryl methyl sites for hydroxylation is 1. The Labute approximate surface area is 122 Å². The largest absolute Gasteiger partial charge is 0.355 e. The van der Waals surface area contributed by atoms with Crippen LogP contribution in [0.15, 0.2) is 6.07 Å². The maximum atomic E-state index is 5.65. The van der Waals surface area contributed by atoms with Gasteiger partial charge in [0, 0.05) is 50.4 Å². The summed E-state index contributed by atoms with van der Waals surface area (Å²) in [6.07, 6.45) is 1.17. The molecule has 1 fully saturated rings. The molecule has 0 aromatic carbocycles. The second-order valence-electron chi connectivity index (χ2n) is 5.85. The highest BCUT2D eigenvalue weighted by Gasteiger charge is 2.17. The van der Waals surface area contributed by atoms with Crippen molar-refractivity contribution in [2.75, 3.05) is 44.2 Å². The van der Waals surface area contributed by atoms with Gasteiger partial charge in [0.05, 0.1) is 0 Å². The molecule has 5 heteroatoms. The Morgan fingerprint density at radius 3 is 2.70 bits per heavy atom. The topological polar surface area (TPSA) is 58.3 Å². The molecule has 2 rings (SSSR count). The molecular formula is C15H27N5. The Hall–Kier alpha value is -1.20. The molecule has 112 valence electrons. The van der Waals surface area contributed by atoms with Crippen molar-refractivity contribution in [2.45, 2.75) is 33.1 Å². The highest BCUT2D eigenvalue weighted by molar-refractivity contribution is 5.40. The molecule has 0 unspecified atom stereocenters. The Morgan fingerprint density at radius 1 is 1.20 bits per heavy atom. The van der Waals surface area contributed by atoms with Gasteiger partial charge in [0.25, 0.3) is 0 Å². The van der Waals surface area contributed by atoms with E-state index in [0.717, 1.165) is 56.6 Å². The summed E-state index contributed by atoms with van der Waals surface area (Å²) in [5.41, 5.74) is 6.71. The van der Waals surface area contributed by atoms with Crippen molar-refractivity contribution in [3.05, 3.63) is 17.6 Å². The van der Waals surface area contributed by atoms with Crippen LogP contribution in [0.1, 0.15) is 37.7 Å². The van der Waals surface area contributed by atoms with E-state index in [2.05, 4.69) is 41.6 Å². The van der Waals surface area contributed by atoms with Crippen LogP contribution in [0.4, 0.5) is 5.82 Å². The lowest BCUT2D eigenvalue weighted by atomic mass is 10.2. The summed E-state index contributed by atoms with van der Waals surface area (Å²) < 4.78 is 0. The van der Waals surface area contributed by atoms with Crippen molar-refractivity contribution >= 4 is 5.82 Å². The fraction of sp³-hybridized carbons (Fsp3) is 0.733. The average molecular weight is 277 g/mol. The summed E-state index contributed by atoms with van der Waals surface area (Å²) in [4.78, 5) is 14.1. The summed E-state index contributed by atoms with van der Waals surface area (Å²) >= 11 is 0. The van der Waals surface area contributed by atoms with Crippen molar-refractivity contribution in [3.8, 4) is 0 Å². The first-order chi connectivity index (χ1) is 9.60. The molecule has 5 nitrogen and oxygen atoms in total. The van der Waals surface area contributed by atoms with Crippen LogP contribution in [0.2, 0.25) is 0 Å². The molecule has 0 amide bonds. The zero-order valence-electron chi connectivity index (χ0n) is 13.0. The number of hydrogen-bond donors (Lipinski definition) is 1. The maximum absolute atomic E-state index is 5.65. The van der Waals surface area contributed by atoms with E-state index < -0.39 is 0 Å². The quantitative estimate of drug-likeness (QED) is 0.901. The SMILES string of the molecule is Cc1cc(N2CCCN(CCN)CC2)nc(C(C)C)n1. The standard InChI is InChI=1S/C15H27N5/c1-12(2)15-17-13(3)11-14(18-15)20-7-4-6-19(8-5-16)9-10-20/h11-12H,4-10,16H2,1-3H3. The van der Waals surface area contributed by atoms with Crippen LogP contribution in [-0.4, -0.2) is 54.1 Å². The zero-order valence-corrected chi connectivity index (χ0v) is 13.0. The average Bonchev–Trinajstić information content (AvgIpc) is 2.64. The van der Waals surface area contributed by atoms with Crippen molar-refractivity contribution in [3.63, 3.8) is 0 Å². The Balaban J connectivity index is 2.11. The number of rotatable bonds is 4. The summed E-state index contributed by atoms with van der Waals surface area (Å²) in [5, 5.41) is 0. The van der Waals surface area contributed by atoms with Gasteiger partial charge >= 0.3 is 0 Å². The van der Waals surface area contributed by atoms with Crippen molar-refractivity contribution in [2.24, 2.45) is 5.73 Å². The van der Waals surface area contributed by atoms with Crippen LogP contribution in [-0.2, 0) is 0 Å². The Bertz CT molecular complexity index is 432. The lowest BCUT2D eigenvalue weighted by Crippen LogP contribution is -2.34. The molecule has 2 N–H and O–H groups in total. The lowest BCUT2D eigenvalue weighted by Gasteiger charge is -2.23. The molecule has 0 aliphatic carbocycles. The molecule has 1 aliphatic rings. The van der Waals surface area contributed by atoms with E-state index >= 15 is 0 Å². The summed E-state index contributed by atoms with van der Waals surface area (Å²) in [6.45, 7) is 12.4. The molecule has 1 aromatic heterocycles. The van der Waals surface area contributed by atoms with Crippen LogP contribution >= 0.6 is 0 Å². The van der Waals surface area contributed by atoms with Crippen LogP contribution in [0.5, 0.6) is 0 Å². The van der Waals surface area contributed by atoms with Gasteiger partial charge in [-0.05, 0) is 19.9 Å². The number of hydrogen-bond acceptors (Lipinski definition) is 5. The molecule has 2 heterocycles. The normalized spacial score (nSPS) is 17.6. The molecular weight excluding hydrogens is 250 g/mol. The third kappa shape index (κ3) is 3.90. The first kappa shape index (κ1) is 15.2. The first-order valence-electron chi connectivity index (χ1n) is 7.63. The van der Waals surface area contributed by atoms with Gasteiger partial charge in [0.1, 0.15) is 11.6 Å². The smallest absolute Gasteiger partial charge is 0.133 e. The number of nitrogens with two attached hydrogens (primary N) is 1. The minimum absolute atomic E-state index is 0.370. The van der Waals surface area contributed by atoms with Crippen molar-refractivity contribution < 1.29 is 0 Å². The van der Waals surface area contributed by atoms with Gasteiger partial charge in [0.15, 0.2) is 0 Å². The Morgan fingerprint density at radius 2 is 2.00 bits per heavy atom. The highest BCUT2D eigenvalue weighted by atomic mass is 15.3. The van der Waals surface area contributed by atoms with Gasteiger partial charge in [-0.2, -0.15) is 0 Å². The van der Waals surface area contributed by atoms with Gasteiger partial charge < -0.3 is 15.5 Å². The van der Waals surface area contributed by atoms with E-state index in [1.165, 1.54) is 6.42 Å². The predicted molar refractivity (Wildman–Crippen MR) is 83.2 cm³/mol. The van der Waals surface area contributed by atoms with E-state index in [9.17, 15) is 0 Å². The molecule has 0 saturated carbocycles. The molecule has 1 saturated heterocycles. The van der Waals surface area contributed by atoms with E-state index in [4.69, 9.17) is 10.7 Å². The maximum Gasteiger partial charge on any atom is 0.133 e. The van der Waals surface area contributed by atoms with Gasteiger partial charge in [0.2, 0.25) is 0 Å². The Kier molecular flexibility index (Phi) is 5.31. The van der Waals surface area contributed by atoms with Gasteiger partial charge in [-0.15, -0.1) is 0 Å². The summed E-state index contributed by atoms with van der Waals surface area (Å²) in [6, 6.07) is 2.10. The predicted octanol–water partition coefficient (Wildman–Crippen LogP) is 1.38. The van der Waals surface area contributed by atoms with Crippen LogP contribution in [0.3, 0.4) is 0 Å². The lowest BCUT2D eigenvalue weighted by molar-refractivity contribution is 0.302. The number of anilines is 1. The third-order valence-electron chi connectivity index (χ3n) is 3.73. The van der Waals surface area contributed by atoms with Crippen LogP contribution in [0.25, 0.3) is 0 Å². The summed E-state index contributed by atoms with van der Waals surface area (Å²) in [5.74, 6) is 2.40. The molecule has 0 bridgehead atoms. The van der Waals surface area contributed by atoms with E-state index in [-0.39, 0.29) is 0 Å². The molecule has 0 radical (unpaired) electrons. The first-order valence-corrected chi connectivity index (χ1v) is 7.63. The zero-order chi connectivity index (χ0) is 14.5. The van der Waals surface area contributed by atoms with E-state index in [1.807, 2.05) is 0 Å².